The number of carbonyl (C=O) groups excluding carboxylic acids is 1. The van der Waals surface area contributed by atoms with Gasteiger partial charge in [0.25, 0.3) is 0 Å². The van der Waals surface area contributed by atoms with E-state index in [4.69, 9.17) is 4.52 Å². The van der Waals surface area contributed by atoms with Crippen molar-refractivity contribution in [2.75, 3.05) is 13.1 Å². The Balaban J connectivity index is 1.45. The number of alkyl halides is 3. The van der Waals surface area contributed by atoms with E-state index in [9.17, 15) is 18.0 Å². The topological polar surface area (TPSA) is 59.2 Å². The van der Waals surface area contributed by atoms with Crippen LogP contribution in [-0.4, -0.2) is 34.0 Å². The van der Waals surface area contributed by atoms with Crippen LogP contribution < -0.4 is 0 Å². The summed E-state index contributed by atoms with van der Waals surface area (Å²) >= 11 is 1.65. The van der Waals surface area contributed by atoms with Crippen molar-refractivity contribution in [2.45, 2.75) is 24.9 Å². The maximum atomic E-state index is 12.9. The highest BCUT2D eigenvalue weighted by Crippen LogP contribution is 2.33. The second kappa shape index (κ2) is 7.38. The van der Waals surface area contributed by atoms with Gasteiger partial charge in [0.2, 0.25) is 17.6 Å². The van der Waals surface area contributed by atoms with Crippen LogP contribution in [0.2, 0.25) is 0 Å². The molecule has 0 saturated carbocycles. The van der Waals surface area contributed by atoms with E-state index >= 15 is 0 Å². The second-order valence-electron chi connectivity index (χ2n) is 6.60. The average Bonchev–Trinajstić information content (AvgIpc) is 3.40. The number of hydrogen-bond donors (Lipinski definition) is 0. The molecule has 0 spiro atoms. The maximum Gasteiger partial charge on any atom is 0.416 e. The molecule has 1 amide bonds. The summed E-state index contributed by atoms with van der Waals surface area (Å²) in [5, 5.41) is 5.81. The standard InChI is InChI=1S/C19H16F3N3O2S/c20-19(21,22)14-4-1-3-12(9-14)17-23-18(27-24-17)13-10-16(26)25(11-13)7-6-15-5-2-8-28-15/h1-5,8-9,13H,6-7,10-11H2. The van der Waals surface area contributed by atoms with Crippen LogP contribution in [0.15, 0.2) is 46.3 Å². The van der Waals surface area contributed by atoms with Crippen LogP contribution in [0.1, 0.15) is 28.7 Å². The Morgan fingerprint density at radius 2 is 2.11 bits per heavy atom. The Bertz CT molecular complexity index is 969. The molecule has 1 fully saturated rings. The molecule has 1 unspecified atom stereocenters. The molecule has 0 bridgehead atoms. The summed E-state index contributed by atoms with van der Waals surface area (Å²) in [5.74, 6) is 0.133. The zero-order valence-electron chi connectivity index (χ0n) is 14.6. The normalized spacial score (nSPS) is 17.5. The molecule has 1 aromatic carbocycles. The van der Waals surface area contributed by atoms with E-state index in [1.54, 1.807) is 16.2 Å². The van der Waals surface area contributed by atoms with Gasteiger partial charge in [0.05, 0.1) is 11.5 Å². The van der Waals surface area contributed by atoms with Crippen molar-refractivity contribution in [1.29, 1.82) is 0 Å². The van der Waals surface area contributed by atoms with E-state index < -0.39 is 11.7 Å². The Hall–Kier alpha value is -2.68. The van der Waals surface area contributed by atoms with Crippen LogP contribution in [-0.2, 0) is 17.4 Å². The number of thiophene rings is 1. The fourth-order valence-corrected chi connectivity index (χ4v) is 3.90. The summed E-state index contributed by atoms with van der Waals surface area (Å²) in [6.45, 7) is 1.08. The minimum atomic E-state index is -4.44. The molecule has 1 aliphatic rings. The van der Waals surface area contributed by atoms with Gasteiger partial charge >= 0.3 is 6.18 Å². The third-order valence-corrected chi connectivity index (χ3v) is 5.60. The van der Waals surface area contributed by atoms with Crippen LogP contribution in [0.5, 0.6) is 0 Å². The molecular weight excluding hydrogens is 391 g/mol. The molecule has 1 aliphatic heterocycles. The fourth-order valence-electron chi connectivity index (χ4n) is 3.21. The quantitative estimate of drug-likeness (QED) is 0.630. The van der Waals surface area contributed by atoms with E-state index in [-0.39, 0.29) is 35.5 Å². The van der Waals surface area contributed by atoms with Crippen molar-refractivity contribution >= 4 is 17.2 Å². The molecule has 0 N–H and O–H groups in total. The van der Waals surface area contributed by atoms with Gasteiger partial charge in [-0.3, -0.25) is 4.79 Å². The van der Waals surface area contributed by atoms with Crippen molar-refractivity contribution in [2.24, 2.45) is 0 Å². The molecule has 4 rings (SSSR count). The Labute approximate surface area is 162 Å². The first-order chi connectivity index (χ1) is 13.4. The highest BCUT2D eigenvalue weighted by molar-refractivity contribution is 7.09. The molecule has 2 aromatic heterocycles. The number of nitrogens with zero attached hydrogens (tertiary/aromatic N) is 3. The Kier molecular flexibility index (Phi) is 4.92. The van der Waals surface area contributed by atoms with E-state index in [1.807, 2.05) is 17.5 Å². The van der Waals surface area contributed by atoms with Crippen LogP contribution in [0.3, 0.4) is 0 Å². The van der Waals surface area contributed by atoms with E-state index in [2.05, 4.69) is 10.1 Å². The highest BCUT2D eigenvalue weighted by atomic mass is 32.1. The Morgan fingerprint density at radius 1 is 1.25 bits per heavy atom. The number of benzene rings is 1. The van der Waals surface area contributed by atoms with Crippen LogP contribution in [0.4, 0.5) is 13.2 Å². The zero-order chi connectivity index (χ0) is 19.7. The van der Waals surface area contributed by atoms with Gasteiger partial charge in [-0.15, -0.1) is 11.3 Å². The molecule has 9 heteroatoms. The minimum Gasteiger partial charge on any atom is -0.342 e. The predicted molar refractivity (Wildman–Crippen MR) is 96.7 cm³/mol. The number of aromatic nitrogens is 2. The summed E-state index contributed by atoms with van der Waals surface area (Å²) in [5.41, 5.74) is -0.546. The van der Waals surface area contributed by atoms with Crippen molar-refractivity contribution in [3.63, 3.8) is 0 Å². The van der Waals surface area contributed by atoms with Gasteiger partial charge in [-0.1, -0.05) is 23.4 Å². The van der Waals surface area contributed by atoms with Gasteiger partial charge in [0.15, 0.2) is 0 Å². The van der Waals surface area contributed by atoms with Crippen molar-refractivity contribution in [3.8, 4) is 11.4 Å². The Morgan fingerprint density at radius 3 is 2.86 bits per heavy atom. The van der Waals surface area contributed by atoms with Crippen molar-refractivity contribution in [3.05, 3.63) is 58.1 Å². The summed E-state index contributed by atoms with van der Waals surface area (Å²) in [4.78, 5) is 19.5. The lowest BCUT2D eigenvalue weighted by Crippen LogP contribution is -2.27. The van der Waals surface area contributed by atoms with Crippen LogP contribution in [0, 0.1) is 0 Å². The van der Waals surface area contributed by atoms with E-state index in [1.165, 1.54) is 17.0 Å². The molecule has 1 atom stereocenters. The van der Waals surface area contributed by atoms with Gasteiger partial charge in [0.1, 0.15) is 0 Å². The minimum absolute atomic E-state index is 0.0142. The predicted octanol–water partition coefficient (Wildman–Crippen LogP) is 4.38. The molecule has 0 aliphatic carbocycles. The lowest BCUT2D eigenvalue weighted by molar-refractivity contribution is -0.137. The first-order valence-corrected chi connectivity index (χ1v) is 9.59. The van der Waals surface area contributed by atoms with Crippen molar-refractivity contribution < 1.29 is 22.5 Å². The summed E-state index contributed by atoms with van der Waals surface area (Å²) in [7, 11) is 0. The molecule has 1 saturated heterocycles. The third kappa shape index (κ3) is 3.94. The number of hydrogen-bond acceptors (Lipinski definition) is 5. The van der Waals surface area contributed by atoms with Gasteiger partial charge in [-0.2, -0.15) is 18.2 Å². The largest absolute Gasteiger partial charge is 0.416 e. The number of likely N-dealkylation sites (tertiary alicyclic amines) is 1. The maximum absolute atomic E-state index is 12.9. The highest BCUT2D eigenvalue weighted by Gasteiger charge is 2.34. The smallest absolute Gasteiger partial charge is 0.342 e. The van der Waals surface area contributed by atoms with Crippen molar-refractivity contribution in [1.82, 2.24) is 15.0 Å². The van der Waals surface area contributed by atoms with Gasteiger partial charge < -0.3 is 9.42 Å². The average molecular weight is 407 g/mol. The molecular formula is C19H16F3N3O2S. The van der Waals surface area contributed by atoms with Gasteiger partial charge in [0, 0.05) is 30.0 Å². The number of carbonyl (C=O) groups is 1. The van der Waals surface area contributed by atoms with E-state index in [0.29, 0.717) is 13.1 Å². The summed E-state index contributed by atoms with van der Waals surface area (Å²) in [6.07, 6.45) is -3.40. The molecule has 5 nitrogen and oxygen atoms in total. The number of halogens is 3. The molecule has 3 heterocycles. The van der Waals surface area contributed by atoms with E-state index in [0.717, 1.165) is 18.6 Å². The third-order valence-electron chi connectivity index (χ3n) is 4.66. The molecule has 146 valence electrons. The molecule has 28 heavy (non-hydrogen) atoms. The first-order valence-electron chi connectivity index (χ1n) is 8.71. The monoisotopic (exact) mass is 407 g/mol. The van der Waals surface area contributed by atoms with Gasteiger partial charge in [-0.25, -0.2) is 0 Å². The van der Waals surface area contributed by atoms with Crippen LogP contribution in [0.25, 0.3) is 11.4 Å². The molecule has 3 aromatic rings. The zero-order valence-corrected chi connectivity index (χ0v) is 15.5. The van der Waals surface area contributed by atoms with Gasteiger partial charge in [-0.05, 0) is 30.0 Å². The first kappa shape index (κ1) is 18.7. The second-order valence-corrected chi connectivity index (χ2v) is 7.64. The number of rotatable bonds is 5. The van der Waals surface area contributed by atoms with Crippen LogP contribution >= 0.6 is 11.3 Å². The number of amides is 1. The fraction of sp³-hybridized carbons (Fsp3) is 0.316. The molecule has 0 radical (unpaired) electrons. The lowest BCUT2D eigenvalue weighted by Gasteiger charge is -2.15. The lowest BCUT2D eigenvalue weighted by atomic mass is 10.1. The SMILES string of the molecule is O=C1CC(c2nc(-c3cccc(C(F)(F)F)c3)no2)CN1CCc1cccs1. The summed E-state index contributed by atoms with van der Waals surface area (Å²) in [6, 6.07) is 8.79. The summed E-state index contributed by atoms with van der Waals surface area (Å²) < 4.78 is 43.9.